The van der Waals surface area contributed by atoms with Crippen LogP contribution in [-0.4, -0.2) is 14.5 Å². The molecule has 134 valence electrons. The number of hydrogen-bond donors (Lipinski definition) is 1. The molecule has 4 rings (SSSR count). The molecule has 1 atom stereocenters. The van der Waals surface area contributed by atoms with E-state index in [4.69, 9.17) is 5.73 Å². The molecule has 2 N–H and O–H groups in total. The number of rotatable bonds is 2. The van der Waals surface area contributed by atoms with Crippen molar-refractivity contribution in [2.45, 2.75) is 5.92 Å². The Morgan fingerprint density at radius 2 is 1.82 bits per heavy atom. The number of thiazole rings is 1. The van der Waals surface area contributed by atoms with Crippen molar-refractivity contribution in [2.24, 2.45) is 5.73 Å². The van der Waals surface area contributed by atoms with E-state index >= 15 is 0 Å². The summed E-state index contributed by atoms with van der Waals surface area (Å²) in [4.78, 5) is 21.1. The first-order chi connectivity index (χ1) is 13.7. The third kappa shape index (κ3) is 2.69. The van der Waals surface area contributed by atoms with E-state index < -0.39 is 5.92 Å². The molecular formula is C20H12N6OS. The average molecular weight is 384 g/mol. The maximum absolute atomic E-state index is 13.0. The second kappa shape index (κ2) is 6.95. The predicted molar refractivity (Wildman–Crippen MR) is 105 cm³/mol. The number of pyridine rings is 2. The second-order valence-electron chi connectivity index (χ2n) is 6.00. The summed E-state index contributed by atoms with van der Waals surface area (Å²) in [7, 11) is 0. The molecule has 0 amide bonds. The molecule has 4 heterocycles. The summed E-state index contributed by atoms with van der Waals surface area (Å²) in [5, 5.41) is 19.6. The first-order valence-electron chi connectivity index (χ1n) is 8.23. The van der Waals surface area contributed by atoms with E-state index in [0.717, 1.165) is 5.56 Å². The van der Waals surface area contributed by atoms with Gasteiger partial charge in [-0.15, -0.1) is 11.3 Å². The maximum atomic E-state index is 13.0. The summed E-state index contributed by atoms with van der Waals surface area (Å²) >= 11 is 1.17. The van der Waals surface area contributed by atoms with Crippen molar-refractivity contribution in [3.05, 3.63) is 85.3 Å². The van der Waals surface area contributed by atoms with Gasteiger partial charge < -0.3 is 5.73 Å². The highest BCUT2D eigenvalue weighted by Gasteiger charge is 2.32. The number of nitrogens with two attached hydrogens (primary N) is 1. The van der Waals surface area contributed by atoms with Gasteiger partial charge in [-0.3, -0.25) is 19.3 Å². The minimum atomic E-state index is -0.659. The van der Waals surface area contributed by atoms with Crippen LogP contribution in [0, 0.1) is 22.7 Å². The van der Waals surface area contributed by atoms with E-state index in [2.05, 4.69) is 22.1 Å². The third-order valence-corrected chi connectivity index (χ3v) is 5.50. The van der Waals surface area contributed by atoms with Gasteiger partial charge in [0.05, 0.1) is 33.7 Å². The van der Waals surface area contributed by atoms with Crippen LogP contribution in [0.25, 0.3) is 17.5 Å². The fourth-order valence-electron chi connectivity index (χ4n) is 3.14. The van der Waals surface area contributed by atoms with Gasteiger partial charge in [0, 0.05) is 24.8 Å². The smallest absolute Gasteiger partial charge is 0.274 e. The highest BCUT2D eigenvalue weighted by atomic mass is 32.1. The maximum Gasteiger partial charge on any atom is 0.274 e. The molecule has 3 aromatic rings. The number of nitrogens with zero attached hydrogens (tertiary/aromatic N) is 5. The summed E-state index contributed by atoms with van der Waals surface area (Å²) in [6.07, 6.45) is 8.18. The Hall–Kier alpha value is -4.01. The van der Waals surface area contributed by atoms with E-state index in [1.54, 1.807) is 49.1 Å². The van der Waals surface area contributed by atoms with Crippen molar-refractivity contribution < 1.29 is 0 Å². The van der Waals surface area contributed by atoms with Crippen LogP contribution in [0.4, 0.5) is 0 Å². The van der Waals surface area contributed by atoms with Crippen molar-refractivity contribution in [3.63, 3.8) is 0 Å². The van der Waals surface area contributed by atoms with Gasteiger partial charge in [-0.05, 0) is 29.3 Å². The van der Waals surface area contributed by atoms with E-state index in [9.17, 15) is 15.3 Å². The van der Waals surface area contributed by atoms with E-state index in [-0.39, 0.29) is 17.0 Å². The monoisotopic (exact) mass is 384 g/mol. The Kier molecular flexibility index (Phi) is 4.32. The predicted octanol–water partition coefficient (Wildman–Crippen LogP) is 0.651. The Labute approximate surface area is 163 Å². The molecule has 3 aromatic heterocycles. The van der Waals surface area contributed by atoms with Gasteiger partial charge in [-0.1, -0.05) is 12.1 Å². The average Bonchev–Trinajstić information content (AvgIpc) is 3.05. The highest BCUT2D eigenvalue weighted by molar-refractivity contribution is 7.07. The minimum Gasteiger partial charge on any atom is -0.384 e. The van der Waals surface area contributed by atoms with Gasteiger partial charge in [-0.2, -0.15) is 10.5 Å². The Bertz CT molecular complexity index is 1350. The van der Waals surface area contributed by atoms with Gasteiger partial charge in [0.25, 0.3) is 5.56 Å². The van der Waals surface area contributed by atoms with E-state index in [0.29, 0.717) is 20.3 Å². The zero-order valence-electron chi connectivity index (χ0n) is 14.4. The second-order valence-corrected chi connectivity index (χ2v) is 7.03. The van der Waals surface area contributed by atoms with Crippen molar-refractivity contribution in [3.8, 4) is 12.1 Å². The molecule has 0 spiro atoms. The Morgan fingerprint density at radius 3 is 2.43 bits per heavy atom. The molecule has 0 aliphatic carbocycles. The standard InChI is InChI=1S/C20H12N6OS/c21-8-14-17(13-4-2-6-25-11-13)15(9-22)20-26(18(14)23)19(27)16(28-20)7-12-3-1-5-24-10-12/h1-7,10-11,17H,23H2/b16-7+/t17-/m0/s1. The molecule has 0 radical (unpaired) electrons. The molecule has 8 heteroatoms. The zero-order valence-corrected chi connectivity index (χ0v) is 15.2. The lowest BCUT2D eigenvalue weighted by Gasteiger charge is -2.21. The molecule has 0 bridgehead atoms. The Balaban J connectivity index is 2.08. The summed E-state index contributed by atoms with van der Waals surface area (Å²) in [6, 6.07) is 11.3. The Morgan fingerprint density at radius 1 is 1.11 bits per heavy atom. The number of aromatic nitrogens is 3. The molecule has 0 unspecified atom stereocenters. The van der Waals surface area contributed by atoms with Crippen LogP contribution in [-0.2, 0) is 0 Å². The first-order valence-corrected chi connectivity index (χ1v) is 9.05. The largest absolute Gasteiger partial charge is 0.384 e. The van der Waals surface area contributed by atoms with Gasteiger partial charge in [0.15, 0.2) is 0 Å². The molecule has 0 saturated carbocycles. The summed E-state index contributed by atoms with van der Waals surface area (Å²) < 4.78 is 2.08. The summed E-state index contributed by atoms with van der Waals surface area (Å²) in [5.41, 5.74) is 7.72. The first kappa shape index (κ1) is 17.4. The lowest BCUT2D eigenvalue weighted by atomic mass is 9.85. The molecule has 28 heavy (non-hydrogen) atoms. The summed E-state index contributed by atoms with van der Waals surface area (Å²) in [6.45, 7) is 0. The molecule has 1 aliphatic rings. The lowest BCUT2D eigenvalue weighted by Crippen LogP contribution is -2.38. The molecular weight excluding hydrogens is 372 g/mol. The van der Waals surface area contributed by atoms with E-state index in [1.165, 1.54) is 15.9 Å². The fourth-order valence-corrected chi connectivity index (χ4v) is 4.27. The quantitative estimate of drug-likeness (QED) is 0.692. The molecule has 0 saturated heterocycles. The fraction of sp³-hybridized carbons (Fsp3) is 0.0500. The highest BCUT2D eigenvalue weighted by Crippen LogP contribution is 2.34. The lowest BCUT2D eigenvalue weighted by molar-refractivity contribution is 0.902. The van der Waals surface area contributed by atoms with Gasteiger partial charge >= 0.3 is 0 Å². The van der Waals surface area contributed by atoms with Crippen molar-refractivity contribution in [1.29, 1.82) is 10.5 Å². The van der Waals surface area contributed by atoms with Gasteiger partial charge in [0.1, 0.15) is 10.5 Å². The van der Waals surface area contributed by atoms with Crippen LogP contribution in [0.5, 0.6) is 0 Å². The number of fused-ring (bicyclic) bond motifs is 1. The number of allylic oxidation sites excluding steroid dienone is 1. The molecule has 1 aliphatic heterocycles. The number of nitriles is 2. The van der Waals surface area contributed by atoms with Gasteiger partial charge in [-0.25, -0.2) is 0 Å². The normalized spacial score (nSPS) is 16.4. The van der Waals surface area contributed by atoms with Crippen LogP contribution in [0.15, 0.2) is 59.4 Å². The van der Waals surface area contributed by atoms with Crippen molar-refractivity contribution in [2.75, 3.05) is 0 Å². The number of hydrogen-bond acceptors (Lipinski definition) is 7. The van der Waals surface area contributed by atoms with Crippen LogP contribution in [0.3, 0.4) is 0 Å². The van der Waals surface area contributed by atoms with Crippen LogP contribution < -0.4 is 20.5 Å². The van der Waals surface area contributed by atoms with Crippen molar-refractivity contribution >= 4 is 28.8 Å². The summed E-state index contributed by atoms with van der Waals surface area (Å²) in [5.74, 6) is -0.620. The van der Waals surface area contributed by atoms with E-state index in [1.807, 2.05) is 6.07 Å². The molecule has 0 fully saturated rings. The zero-order chi connectivity index (χ0) is 19.7. The topological polar surface area (TPSA) is 121 Å². The van der Waals surface area contributed by atoms with Gasteiger partial charge in [0.2, 0.25) is 0 Å². The molecule has 0 aromatic carbocycles. The third-order valence-electron chi connectivity index (χ3n) is 4.39. The SMILES string of the molecule is N#CC1=C(N)n2c(s/c(=C/c3cccnc3)c2=O)=C(C#N)[C@H]1c1cccnc1. The molecule has 7 nitrogen and oxygen atoms in total. The van der Waals surface area contributed by atoms with Crippen LogP contribution in [0.2, 0.25) is 0 Å². The van der Waals surface area contributed by atoms with Crippen molar-refractivity contribution in [1.82, 2.24) is 14.5 Å². The van der Waals surface area contributed by atoms with Crippen LogP contribution >= 0.6 is 11.3 Å². The minimum absolute atomic E-state index is 0.0393. The van der Waals surface area contributed by atoms with Crippen LogP contribution in [0.1, 0.15) is 17.0 Å².